The number of aliphatic hydroxyl groups excluding tert-OH is 4. The highest BCUT2D eigenvalue weighted by atomic mass is 16.4. The van der Waals surface area contributed by atoms with Gasteiger partial charge in [-0.3, -0.25) is 14.6 Å². The van der Waals surface area contributed by atoms with E-state index in [1.165, 1.54) is 165 Å². The number of rotatable bonds is 56. The fraction of sp³-hybridized carbons (Fsp3) is 0.918. The van der Waals surface area contributed by atoms with Gasteiger partial charge < -0.3 is 35.4 Å². The molecule has 5 atom stereocenters. The van der Waals surface area contributed by atoms with Gasteiger partial charge in [0.15, 0.2) is 0 Å². The summed E-state index contributed by atoms with van der Waals surface area (Å²) in [5.41, 5.74) is 0.641. The summed E-state index contributed by atoms with van der Waals surface area (Å²) in [7, 11) is 0. The Bertz CT molecular complexity index is 1280. The van der Waals surface area contributed by atoms with Crippen LogP contribution in [-0.4, -0.2) is 138 Å². The Morgan fingerprint density at radius 3 is 1.07 bits per heavy atom. The number of carboxylic acids is 1. The number of hydrogen-bond donors (Lipinski definition) is 6. The molecule has 0 fully saturated rings. The first kappa shape index (κ1) is 68.9. The standard InChI is InChI=1S/C61H119N5O7/c1-5-9-13-17-21-25-29-33-39-55(67)49-64(50-56(68)40-34-30-26-22-18-14-10-6-2)44-37-43-60(71)66(59(61(72)73)47-54-48-62-53-63-54)46-38-45-65(51-57(69)41-35-31-27-23-19-15-11-7-3)52-58(70)42-36-32-28-24-20-16-12-8-4/h48,53,55-59,67-70H,5-47,49-52H2,1-4H3,(H,62,63)(H,72,73)/t55?,56?,57?,58?,59-/m0/s1. The number of aromatic amines is 1. The van der Waals surface area contributed by atoms with Crippen molar-refractivity contribution >= 4 is 11.9 Å². The number of unbranched alkanes of at least 4 members (excludes halogenated alkanes) is 28. The van der Waals surface area contributed by atoms with E-state index in [0.29, 0.717) is 83.5 Å². The fourth-order valence-electron chi connectivity index (χ4n) is 10.6. The van der Waals surface area contributed by atoms with Crippen LogP contribution in [0.15, 0.2) is 12.5 Å². The monoisotopic (exact) mass is 1030 g/mol. The summed E-state index contributed by atoms with van der Waals surface area (Å²) in [5.74, 6) is -1.31. The SMILES string of the molecule is CCCCCCCCCCC(O)CN(CCCC(=O)N(CCCN(CC(O)CCCCCCCCCC)CC(O)CCCCCCCCCC)[C@@H](Cc1cnc[nH]1)C(=O)O)CC(O)CCCCCCCCCC. The number of aliphatic hydroxyl groups is 4. The molecule has 0 aliphatic carbocycles. The van der Waals surface area contributed by atoms with Crippen LogP contribution in [0.25, 0.3) is 0 Å². The zero-order chi connectivity index (χ0) is 53.4. The van der Waals surface area contributed by atoms with Gasteiger partial charge in [-0.05, 0) is 45.1 Å². The molecular weight excluding hydrogens is 915 g/mol. The quantitative estimate of drug-likeness (QED) is 0.0345. The van der Waals surface area contributed by atoms with Gasteiger partial charge >= 0.3 is 5.97 Å². The maximum atomic E-state index is 14.4. The van der Waals surface area contributed by atoms with Crippen molar-refractivity contribution in [3.8, 4) is 0 Å². The molecular formula is C61H119N5O7. The number of H-pyrrole nitrogens is 1. The van der Waals surface area contributed by atoms with E-state index in [9.17, 15) is 35.1 Å². The van der Waals surface area contributed by atoms with Gasteiger partial charge in [0.25, 0.3) is 0 Å². The lowest BCUT2D eigenvalue weighted by molar-refractivity contribution is -0.150. The van der Waals surface area contributed by atoms with Gasteiger partial charge in [-0.1, -0.05) is 233 Å². The number of aliphatic carboxylic acids is 1. The number of nitrogens with one attached hydrogen (secondary N) is 1. The lowest BCUT2D eigenvalue weighted by Crippen LogP contribution is -2.48. The minimum atomic E-state index is -1.10. The highest BCUT2D eigenvalue weighted by Crippen LogP contribution is 2.19. The van der Waals surface area contributed by atoms with Gasteiger partial charge in [0.2, 0.25) is 5.91 Å². The summed E-state index contributed by atoms with van der Waals surface area (Å²) in [6, 6.07) is -1.10. The van der Waals surface area contributed by atoms with Crippen molar-refractivity contribution < 1.29 is 35.1 Å². The normalized spacial score (nSPS) is 14.0. The molecule has 0 aliphatic heterocycles. The van der Waals surface area contributed by atoms with Gasteiger partial charge in [-0.25, -0.2) is 9.78 Å². The molecule has 0 aliphatic rings. The lowest BCUT2D eigenvalue weighted by Gasteiger charge is -2.32. The van der Waals surface area contributed by atoms with E-state index in [1.54, 1.807) is 6.20 Å². The number of carbonyl (C=O) groups excluding carboxylic acids is 1. The predicted molar refractivity (Wildman–Crippen MR) is 305 cm³/mol. The number of nitrogens with zero attached hydrogens (tertiary/aromatic N) is 4. The number of aromatic nitrogens is 2. The molecule has 1 heterocycles. The number of amides is 1. The zero-order valence-electron chi connectivity index (χ0n) is 48.1. The molecule has 0 spiro atoms. The largest absolute Gasteiger partial charge is 0.480 e. The van der Waals surface area contributed by atoms with Gasteiger partial charge in [0.05, 0.1) is 30.7 Å². The molecule has 73 heavy (non-hydrogen) atoms. The molecule has 4 unspecified atom stereocenters. The zero-order valence-corrected chi connectivity index (χ0v) is 48.1. The lowest BCUT2D eigenvalue weighted by atomic mass is 10.0. The highest BCUT2D eigenvalue weighted by molar-refractivity contribution is 5.83. The molecule has 0 saturated heterocycles. The second-order valence-corrected chi connectivity index (χ2v) is 22.4. The van der Waals surface area contributed by atoms with E-state index in [2.05, 4.69) is 47.5 Å². The van der Waals surface area contributed by atoms with Crippen molar-refractivity contribution in [3.05, 3.63) is 18.2 Å². The minimum absolute atomic E-state index is 0.0986. The highest BCUT2D eigenvalue weighted by Gasteiger charge is 2.30. The van der Waals surface area contributed by atoms with Gasteiger partial charge in [-0.15, -0.1) is 0 Å². The predicted octanol–water partition coefficient (Wildman–Crippen LogP) is 13.6. The summed E-state index contributed by atoms with van der Waals surface area (Å²) >= 11 is 0. The maximum absolute atomic E-state index is 14.4. The molecule has 6 N–H and O–H groups in total. The van der Waals surface area contributed by atoms with Crippen molar-refractivity contribution in [2.75, 3.05) is 45.8 Å². The van der Waals surface area contributed by atoms with Crippen LogP contribution in [0.3, 0.4) is 0 Å². The average molecular weight is 1030 g/mol. The Kier molecular flexibility index (Phi) is 46.7. The summed E-state index contributed by atoms with van der Waals surface area (Å²) in [5, 5.41) is 55.7. The second kappa shape index (κ2) is 49.5. The van der Waals surface area contributed by atoms with Crippen molar-refractivity contribution in [2.45, 2.75) is 315 Å². The summed E-state index contributed by atoms with van der Waals surface area (Å²) < 4.78 is 0. The van der Waals surface area contributed by atoms with Crippen molar-refractivity contribution in [2.24, 2.45) is 0 Å². The van der Waals surface area contributed by atoms with E-state index >= 15 is 0 Å². The van der Waals surface area contributed by atoms with E-state index in [1.807, 2.05) is 0 Å². The number of carboxylic acid groups (broad SMARTS) is 1. The van der Waals surface area contributed by atoms with Crippen LogP contribution in [0.5, 0.6) is 0 Å². The topological polar surface area (TPSA) is 174 Å². The van der Waals surface area contributed by atoms with Crippen LogP contribution in [0, 0.1) is 0 Å². The number of imidazole rings is 1. The van der Waals surface area contributed by atoms with E-state index in [0.717, 1.165) is 51.4 Å². The van der Waals surface area contributed by atoms with E-state index < -0.39 is 36.4 Å². The Morgan fingerprint density at radius 1 is 0.452 bits per heavy atom. The van der Waals surface area contributed by atoms with Crippen LogP contribution < -0.4 is 0 Å². The molecule has 0 bridgehead atoms. The summed E-state index contributed by atoms with van der Waals surface area (Å²) in [6.45, 7) is 11.9. The van der Waals surface area contributed by atoms with Crippen LogP contribution in [0.2, 0.25) is 0 Å². The Labute approximate surface area is 449 Å². The molecule has 0 saturated carbocycles. The molecule has 1 aromatic heterocycles. The molecule has 430 valence electrons. The molecule has 1 aromatic rings. The number of carbonyl (C=O) groups is 2. The average Bonchev–Trinajstić information content (AvgIpc) is 3.89. The van der Waals surface area contributed by atoms with Crippen LogP contribution in [0.1, 0.15) is 284 Å². The third-order valence-corrected chi connectivity index (χ3v) is 15.1. The van der Waals surface area contributed by atoms with Gasteiger partial charge in [0, 0.05) is 64.0 Å². The van der Waals surface area contributed by atoms with E-state index in [4.69, 9.17) is 0 Å². The Morgan fingerprint density at radius 2 is 0.767 bits per heavy atom. The smallest absolute Gasteiger partial charge is 0.326 e. The second-order valence-electron chi connectivity index (χ2n) is 22.4. The fourth-order valence-corrected chi connectivity index (χ4v) is 10.6. The van der Waals surface area contributed by atoms with Crippen molar-refractivity contribution in [3.63, 3.8) is 0 Å². The number of hydrogen-bond acceptors (Lipinski definition) is 9. The van der Waals surface area contributed by atoms with Gasteiger partial charge in [0.1, 0.15) is 6.04 Å². The van der Waals surface area contributed by atoms with Crippen molar-refractivity contribution in [1.82, 2.24) is 24.7 Å². The first-order chi connectivity index (χ1) is 35.5. The summed E-state index contributed by atoms with van der Waals surface area (Å²) in [4.78, 5) is 40.3. The molecule has 12 heteroatoms. The first-order valence-electron chi connectivity index (χ1n) is 31.2. The Balaban J connectivity index is 3.07. The van der Waals surface area contributed by atoms with Crippen molar-refractivity contribution in [1.29, 1.82) is 0 Å². The molecule has 12 nitrogen and oxygen atoms in total. The molecule has 1 rings (SSSR count). The molecule has 1 amide bonds. The maximum Gasteiger partial charge on any atom is 0.326 e. The van der Waals surface area contributed by atoms with E-state index in [-0.39, 0.29) is 25.3 Å². The van der Waals surface area contributed by atoms with Crippen LogP contribution in [-0.2, 0) is 16.0 Å². The van der Waals surface area contributed by atoms with Crippen LogP contribution in [0.4, 0.5) is 0 Å². The third-order valence-electron chi connectivity index (χ3n) is 15.1. The minimum Gasteiger partial charge on any atom is -0.480 e. The third kappa shape index (κ3) is 40.8. The summed E-state index contributed by atoms with van der Waals surface area (Å²) in [6.07, 6.45) is 43.5. The van der Waals surface area contributed by atoms with Crippen LogP contribution >= 0.6 is 0 Å². The van der Waals surface area contributed by atoms with Gasteiger partial charge in [-0.2, -0.15) is 0 Å². The molecule has 0 aromatic carbocycles. The Hall–Kier alpha value is -2.09. The molecule has 0 radical (unpaired) electrons. The first-order valence-corrected chi connectivity index (χ1v) is 31.2.